The molecule has 0 radical (unpaired) electrons. The van der Waals surface area contributed by atoms with E-state index in [0.29, 0.717) is 17.0 Å². The van der Waals surface area contributed by atoms with Gasteiger partial charge in [-0.05, 0) is 61.7 Å². The number of ether oxygens (including phenoxy) is 2. The number of carbonyl (C=O) groups is 1. The minimum Gasteiger partial charge on any atom is -0.496 e. The number of hydrogen-bond donors (Lipinski definition) is 0. The van der Waals surface area contributed by atoms with E-state index < -0.39 is 22.5 Å². The summed E-state index contributed by atoms with van der Waals surface area (Å²) in [5, 5.41) is 0. The molecule has 0 N–H and O–H groups in total. The van der Waals surface area contributed by atoms with E-state index in [2.05, 4.69) is 0 Å². The number of carbonyl (C=O) groups excluding carboxylic acids is 1. The molecule has 0 spiro atoms. The van der Waals surface area contributed by atoms with Crippen LogP contribution in [0.25, 0.3) is 0 Å². The first-order valence-electron chi connectivity index (χ1n) is 8.75. The largest absolute Gasteiger partial charge is 0.496 e. The second kappa shape index (κ2) is 8.90. The molecular weight excluding hydrogens is 366 g/mol. The lowest BCUT2D eigenvalue weighted by Gasteiger charge is -2.24. The molecule has 0 amide bonds. The van der Waals surface area contributed by atoms with Crippen LogP contribution in [0.4, 0.5) is 5.69 Å². The number of methoxy groups -OCH3 is 1. The first-order valence-corrected chi connectivity index (χ1v) is 10.2. The van der Waals surface area contributed by atoms with Gasteiger partial charge in [-0.25, -0.2) is 8.42 Å². The van der Waals surface area contributed by atoms with Crippen LogP contribution in [0.2, 0.25) is 0 Å². The fourth-order valence-corrected chi connectivity index (χ4v) is 4.17. The molecule has 0 atom stereocenters. The maximum atomic E-state index is 13.3. The maximum Gasteiger partial charge on any atom is 0.326 e. The molecule has 146 valence electrons. The minimum atomic E-state index is -3.96. The molecule has 7 heteroatoms. The molecule has 0 heterocycles. The van der Waals surface area contributed by atoms with Gasteiger partial charge in [-0.1, -0.05) is 19.1 Å². The van der Waals surface area contributed by atoms with Crippen LogP contribution in [0.15, 0.2) is 47.4 Å². The molecule has 0 aromatic heterocycles. The Hall–Kier alpha value is -2.54. The Bertz CT molecular complexity index is 891. The lowest BCUT2D eigenvalue weighted by atomic mass is 10.1. The zero-order valence-electron chi connectivity index (χ0n) is 16.1. The molecule has 2 rings (SSSR count). The molecule has 27 heavy (non-hydrogen) atoms. The van der Waals surface area contributed by atoms with Crippen molar-refractivity contribution >= 4 is 21.7 Å². The molecule has 0 aliphatic heterocycles. The fraction of sp³-hybridized carbons (Fsp3) is 0.350. The van der Waals surface area contributed by atoms with Crippen molar-refractivity contribution in [2.75, 3.05) is 24.6 Å². The number of sulfonamides is 1. The van der Waals surface area contributed by atoms with Gasteiger partial charge in [0, 0.05) is 0 Å². The first-order chi connectivity index (χ1) is 12.8. The van der Waals surface area contributed by atoms with Crippen LogP contribution < -0.4 is 9.04 Å². The van der Waals surface area contributed by atoms with Crippen molar-refractivity contribution in [3.8, 4) is 5.75 Å². The summed E-state index contributed by atoms with van der Waals surface area (Å²) in [5.41, 5.74) is 2.18. The van der Waals surface area contributed by atoms with Crippen LogP contribution in [0, 0.1) is 6.92 Å². The molecule has 2 aromatic carbocycles. The topological polar surface area (TPSA) is 72.9 Å². The van der Waals surface area contributed by atoms with Crippen LogP contribution in [-0.4, -0.2) is 34.6 Å². The monoisotopic (exact) mass is 391 g/mol. The molecule has 2 aromatic rings. The van der Waals surface area contributed by atoms with E-state index in [9.17, 15) is 13.2 Å². The van der Waals surface area contributed by atoms with Gasteiger partial charge in [0.2, 0.25) is 0 Å². The van der Waals surface area contributed by atoms with Gasteiger partial charge in [-0.3, -0.25) is 9.10 Å². The number of esters is 1. The zero-order valence-corrected chi connectivity index (χ0v) is 16.9. The highest BCUT2D eigenvalue weighted by Gasteiger charge is 2.28. The smallest absolute Gasteiger partial charge is 0.326 e. The first kappa shape index (κ1) is 20.8. The number of nitrogens with zero attached hydrogens (tertiary/aromatic N) is 1. The van der Waals surface area contributed by atoms with Gasteiger partial charge in [0.25, 0.3) is 10.0 Å². The van der Waals surface area contributed by atoms with Crippen LogP contribution in [-0.2, 0) is 26.0 Å². The average Bonchev–Trinajstić information content (AvgIpc) is 2.66. The fourth-order valence-electron chi connectivity index (χ4n) is 2.68. The summed E-state index contributed by atoms with van der Waals surface area (Å²) in [5.74, 6) is -0.0101. The van der Waals surface area contributed by atoms with Gasteiger partial charge in [0.1, 0.15) is 12.3 Å². The highest BCUT2D eigenvalue weighted by molar-refractivity contribution is 7.92. The molecule has 0 unspecified atom stereocenters. The molecule has 0 aliphatic carbocycles. The van der Waals surface area contributed by atoms with Crippen molar-refractivity contribution < 1.29 is 22.7 Å². The molecule has 6 nitrogen and oxygen atoms in total. The van der Waals surface area contributed by atoms with E-state index in [1.54, 1.807) is 32.0 Å². The van der Waals surface area contributed by atoms with Gasteiger partial charge in [0.15, 0.2) is 0 Å². The predicted octanol–water partition coefficient (Wildman–Crippen LogP) is 3.32. The van der Waals surface area contributed by atoms with E-state index in [1.807, 2.05) is 19.1 Å². The highest BCUT2D eigenvalue weighted by atomic mass is 32.2. The lowest BCUT2D eigenvalue weighted by Crippen LogP contribution is -2.36. The Morgan fingerprint density at radius 2 is 1.74 bits per heavy atom. The Balaban J connectivity index is 2.49. The Kier molecular flexibility index (Phi) is 6.85. The molecular formula is C20H25NO5S. The number of rotatable bonds is 8. The number of anilines is 1. The normalized spacial score (nSPS) is 11.1. The van der Waals surface area contributed by atoms with Crippen LogP contribution >= 0.6 is 0 Å². The quantitative estimate of drug-likeness (QED) is 0.646. The molecule has 0 bridgehead atoms. The molecule has 0 saturated carbocycles. The molecule has 0 fully saturated rings. The van der Waals surface area contributed by atoms with E-state index in [4.69, 9.17) is 9.47 Å². The minimum absolute atomic E-state index is 0.0877. The Morgan fingerprint density at radius 3 is 2.26 bits per heavy atom. The van der Waals surface area contributed by atoms with Crippen molar-refractivity contribution in [3.05, 3.63) is 53.6 Å². The highest BCUT2D eigenvalue weighted by Crippen LogP contribution is 2.27. The summed E-state index contributed by atoms with van der Waals surface area (Å²) in [6.45, 7) is 5.25. The maximum absolute atomic E-state index is 13.3. The summed E-state index contributed by atoms with van der Waals surface area (Å²) in [7, 11) is -2.43. The second-order valence-corrected chi connectivity index (χ2v) is 7.83. The third kappa shape index (κ3) is 4.80. The number of hydrogen-bond acceptors (Lipinski definition) is 5. The van der Waals surface area contributed by atoms with E-state index in [0.717, 1.165) is 16.3 Å². The number of aryl methyl sites for hydroxylation is 2. The Labute approximate surface area is 160 Å². The van der Waals surface area contributed by atoms with Gasteiger partial charge >= 0.3 is 5.97 Å². The third-order valence-corrected chi connectivity index (χ3v) is 5.93. The van der Waals surface area contributed by atoms with E-state index in [1.165, 1.54) is 19.2 Å². The summed E-state index contributed by atoms with van der Waals surface area (Å²) in [6, 6.07) is 11.7. The van der Waals surface area contributed by atoms with E-state index in [-0.39, 0.29) is 11.5 Å². The lowest BCUT2D eigenvalue weighted by molar-refractivity contribution is -0.141. The molecule has 0 aliphatic rings. The number of benzene rings is 2. The summed E-state index contributed by atoms with van der Waals surface area (Å²) in [4.78, 5) is 12.1. The van der Waals surface area contributed by atoms with Gasteiger partial charge < -0.3 is 9.47 Å². The predicted molar refractivity (Wildman–Crippen MR) is 105 cm³/mol. The Morgan fingerprint density at radius 1 is 1.07 bits per heavy atom. The second-order valence-electron chi connectivity index (χ2n) is 5.97. The van der Waals surface area contributed by atoms with Gasteiger partial charge in [0.05, 0.1) is 24.3 Å². The third-order valence-electron chi connectivity index (χ3n) is 4.16. The average molecular weight is 391 g/mol. The van der Waals surface area contributed by atoms with Crippen molar-refractivity contribution in [2.45, 2.75) is 32.1 Å². The SMILES string of the molecule is CCOC(=O)CN(c1ccc(CC)cc1)S(=O)(=O)c1ccc(OC)c(C)c1. The standard InChI is InChI=1S/C20H25NO5S/c1-5-16-7-9-17(10-8-16)21(14-20(22)26-6-2)27(23,24)18-11-12-19(25-4)15(3)13-18/h7-13H,5-6,14H2,1-4H3. The van der Waals surface area contributed by atoms with Crippen LogP contribution in [0.3, 0.4) is 0 Å². The van der Waals surface area contributed by atoms with Crippen molar-refractivity contribution in [3.63, 3.8) is 0 Å². The summed E-state index contributed by atoms with van der Waals surface area (Å²) in [6.07, 6.45) is 0.836. The summed E-state index contributed by atoms with van der Waals surface area (Å²) < 4.78 is 37.7. The zero-order chi connectivity index (χ0) is 20.0. The van der Waals surface area contributed by atoms with Crippen molar-refractivity contribution in [1.29, 1.82) is 0 Å². The summed E-state index contributed by atoms with van der Waals surface area (Å²) >= 11 is 0. The van der Waals surface area contributed by atoms with Crippen molar-refractivity contribution in [1.82, 2.24) is 0 Å². The van der Waals surface area contributed by atoms with Crippen molar-refractivity contribution in [2.24, 2.45) is 0 Å². The van der Waals surface area contributed by atoms with Gasteiger partial charge in [-0.2, -0.15) is 0 Å². The van der Waals surface area contributed by atoms with Crippen LogP contribution in [0.1, 0.15) is 25.0 Å². The van der Waals surface area contributed by atoms with Gasteiger partial charge in [-0.15, -0.1) is 0 Å². The molecule has 0 saturated heterocycles. The van der Waals surface area contributed by atoms with Crippen LogP contribution in [0.5, 0.6) is 5.75 Å². The van der Waals surface area contributed by atoms with E-state index >= 15 is 0 Å².